The Labute approximate surface area is 189 Å². The van der Waals surface area contributed by atoms with Crippen LogP contribution in [0.5, 0.6) is 0 Å². The number of quaternary nitrogens is 1. The van der Waals surface area contributed by atoms with Gasteiger partial charge < -0.3 is 21.1 Å². The maximum atomic E-state index is 13.1. The van der Waals surface area contributed by atoms with Crippen LogP contribution in [-0.2, 0) is 27.0 Å². The van der Waals surface area contributed by atoms with Gasteiger partial charge in [-0.25, -0.2) is 4.79 Å². The first-order chi connectivity index (χ1) is 15.1. The van der Waals surface area contributed by atoms with Gasteiger partial charge in [0.2, 0.25) is 5.91 Å². The van der Waals surface area contributed by atoms with Crippen molar-refractivity contribution < 1.29 is 29.9 Å². The van der Waals surface area contributed by atoms with E-state index in [-0.39, 0.29) is 18.5 Å². The molecule has 4 atom stereocenters. The monoisotopic (exact) mass is 461 g/mol. The Kier molecular flexibility index (Phi) is 9.63. The van der Waals surface area contributed by atoms with E-state index in [1.54, 1.807) is 24.3 Å². The van der Waals surface area contributed by atoms with Crippen molar-refractivity contribution in [2.24, 2.45) is 11.8 Å². The van der Waals surface area contributed by atoms with E-state index in [2.05, 4.69) is 11.1 Å². The SMILES string of the molecule is CC(C)C[C@@H](CP(=O)(O)[C@@H]([NH3+])Cc1ccccc1)C(=O)N[C@@H](Cc1ccccc1)C(=O)O. The van der Waals surface area contributed by atoms with Crippen molar-refractivity contribution >= 4 is 19.2 Å². The number of aliphatic carboxylic acids is 1. The average Bonchev–Trinajstić information content (AvgIpc) is 2.73. The molecule has 6 N–H and O–H groups in total. The van der Waals surface area contributed by atoms with Crippen LogP contribution in [0.3, 0.4) is 0 Å². The third kappa shape index (κ3) is 8.23. The van der Waals surface area contributed by atoms with Crippen LogP contribution in [0.1, 0.15) is 31.4 Å². The number of nitrogens with one attached hydrogen (secondary N) is 1. The van der Waals surface area contributed by atoms with Gasteiger partial charge in [-0.3, -0.25) is 9.36 Å². The molecule has 2 aromatic carbocycles. The molecule has 2 aromatic rings. The summed E-state index contributed by atoms with van der Waals surface area (Å²) >= 11 is 0. The summed E-state index contributed by atoms with van der Waals surface area (Å²) < 4.78 is 13.1. The summed E-state index contributed by atoms with van der Waals surface area (Å²) in [5.74, 6) is -3.09. The largest absolute Gasteiger partial charge is 0.480 e. The minimum Gasteiger partial charge on any atom is -0.480 e. The van der Waals surface area contributed by atoms with E-state index in [1.165, 1.54) is 0 Å². The second-order valence-corrected chi connectivity index (χ2v) is 11.3. The number of rotatable bonds is 12. The third-order valence-electron chi connectivity index (χ3n) is 5.39. The lowest BCUT2D eigenvalue weighted by Gasteiger charge is -2.25. The van der Waals surface area contributed by atoms with E-state index in [0.29, 0.717) is 12.8 Å². The fourth-order valence-electron chi connectivity index (χ4n) is 3.67. The molecule has 0 fully saturated rings. The number of carbonyl (C=O) groups is 2. The summed E-state index contributed by atoms with van der Waals surface area (Å²) in [7, 11) is -3.77. The van der Waals surface area contributed by atoms with E-state index < -0.39 is 37.0 Å². The van der Waals surface area contributed by atoms with Gasteiger partial charge in [0.15, 0.2) is 5.78 Å². The lowest BCUT2D eigenvalue weighted by molar-refractivity contribution is -0.391. The molecule has 1 unspecified atom stereocenters. The maximum absolute atomic E-state index is 13.1. The number of carboxylic acids is 1. The zero-order chi connectivity index (χ0) is 23.7. The molecule has 0 heterocycles. The summed E-state index contributed by atoms with van der Waals surface area (Å²) in [6.07, 6.45) is 0.622. The smallest absolute Gasteiger partial charge is 0.326 e. The molecule has 0 spiro atoms. The maximum Gasteiger partial charge on any atom is 0.326 e. The lowest BCUT2D eigenvalue weighted by Crippen LogP contribution is -2.62. The van der Waals surface area contributed by atoms with Crippen LogP contribution in [0.25, 0.3) is 0 Å². The van der Waals surface area contributed by atoms with Crippen LogP contribution in [0.15, 0.2) is 60.7 Å². The Morgan fingerprint density at radius 3 is 1.94 bits per heavy atom. The molecule has 0 aromatic heterocycles. The summed E-state index contributed by atoms with van der Waals surface area (Å²) in [5, 5.41) is 12.2. The van der Waals surface area contributed by atoms with Crippen LogP contribution in [0.4, 0.5) is 0 Å². The van der Waals surface area contributed by atoms with Gasteiger partial charge in [0.05, 0.1) is 0 Å². The minimum atomic E-state index is -3.77. The minimum absolute atomic E-state index is 0.0977. The standard InChI is InChI=1S/C24H33N2O5P/c1-17(2)13-20(16-32(30,31)22(25)15-19-11-7-4-8-12-19)23(27)26-21(24(28)29)14-18-9-5-3-6-10-18/h3-12,17,20-22H,13-16,25H2,1-2H3,(H,26,27)(H,28,29)(H,30,31)/p+1/t20-,21-,22+/m0/s1. The Hall–Kier alpha value is -2.47. The molecule has 0 radical (unpaired) electrons. The highest BCUT2D eigenvalue weighted by molar-refractivity contribution is 7.58. The van der Waals surface area contributed by atoms with Gasteiger partial charge in [0.25, 0.3) is 7.37 Å². The molecule has 0 aliphatic rings. The van der Waals surface area contributed by atoms with E-state index in [0.717, 1.165) is 11.1 Å². The first kappa shape index (κ1) is 25.8. The molecule has 0 saturated heterocycles. The molecule has 1 amide bonds. The number of amides is 1. The highest BCUT2D eigenvalue weighted by Crippen LogP contribution is 2.47. The van der Waals surface area contributed by atoms with Gasteiger partial charge in [0.1, 0.15) is 6.04 Å². The average molecular weight is 462 g/mol. The van der Waals surface area contributed by atoms with Crippen molar-refractivity contribution in [2.75, 3.05) is 6.16 Å². The molecule has 174 valence electrons. The number of carboxylic acid groups (broad SMARTS) is 1. The van der Waals surface area contributed by atoms with Gasteiger partial charge in [-0.15, -0.1) is 0 Å². The fraction of sp³-hybridized carbons (Fsp3) is 0.417. The fourth-order valence-corrected chi connectivity index (χ4v) is 5.41. The molecule has 2 rings (SSSR count). The highest BCUT2D eigenvalue weighted by atomic mass is 31.2. The topological polar surface area (TPSA) is 131 Å². The lowest BCUT2D eigenvalue weighted by atomic mass is 9.97. The first-order valence-corrected chi connectivity index (χ1v) is 12.8. The first-order valence-electron chi connectivity index (χ1n) is 10.8. The molecule has 8 heteroatoms. The number of benzene rings is 2. The van der Waals surface area contributed by atoms with Crippen LogP contribution in [-0.4, -0.2) is 39.9 Å². The van der Waals surface area contributed by atoms with E-state index in [9.17, 15) is 24.2 Å². The molecular weight excluding hydrogens is 427 g/mol. The Morgan fingerprint density at radius 1 is 0.969 bits per heavy atom. The number of hydrogen-bond donors (Lipinski definition) is 4. The van der Waals surface area contributed by atoms with Crippen LogP contribution in [0, 0.1) is 11.8 Å². The van der Waals surface area contributed by atoms with Crippen molar-refractivity contribution in [1.29, 1.82) is 0 Å². The molecule has 7 nitrogen and oxygen atoms in total. The van der Waals surface area contributed by atoms with E-state index in [4.69, 9.17) is 0 Å². The summed E-state index contributed by atoms with van der Waals surface area (Å²) in [5.41, 5.74) is 5.59. The van der Waals surface area contributed by atoms with Crippen molar-refractivity contribution in [3.63, 3.8) is 0 Å². The number of carbonyl (C=O) groups excluding carboxylic acids is 1. The quantitative estimate of drug-likeness (QED) is 0.361. The Balaban J connectivity index is 2.11. The van der Waals surface area contributed by atoms with Gasteiger partial charge in [0, 0.05) is 24.9 Å². The van der Waals surface area contributed by atoms with Crippen LogP contribution >= 0.6 is 7.37 Å². The Bertz CT molecular complexity index is 921. The van der Waals surface area contributed by atoms with Gasteiger partial charge in [-0.1, -0.05) is 74.5 Å². The van der Waals surface area contributed by atoms with Gasteiger partial charge in [-0.2, -0.15) is 0 Å². The number of hydrogen-bond acceptors (Lipinski definition) is 3. The predicted octanol–water partition coefficient (Wildman–Crippen LogP) is 2.54. The zero-order valence-electron chi connectivity index (χ0n) is 18.7. The second kappa shape index (κ2) is 12.0. The molecule has 0 aliphatic heterocycles. The zero-order valence-corrected chi connectivity index (χ0v) is 19.6. The van der Waals surface area contributed by atoms with Crippen molar-refractivity contribution in [1.82, 2.24) is 5.32 Å². The molecule has 0 aliphatic carbocycles. The van der Waals surface area contributed by atoms with E-state index >= 15 is 0 Å². The summed E-state index contributed by atoms with van der Waals surface area (Å²) in [6.45, 7) is 3.85. The molecule has 0 saturated carbocycles. The van der Waals surface area contributed by atoms with Crippen LogP contribution < -0.4 is 11.1 Å². The third-order valence-corrected chi connectivity index (χ3v) is 7.68. The van der Waals surface area contributed by atoms with Gasteiger partial charge >= 0.3 is 5.97 Å². The predicted molar refractivity (Wildman–Crippen MR) is 124 cm³/mol. The second-order valence-electron chi connectivity index (χ2n) is 8.70. The van der Waals surface area contributed by atoms with Crippen LogP contribution in [0.2, 0.25) is 0 Å². The molecule has 32 heavy (non-hydrogen) atoms. The highest BCUT2D eigenvalue weighted by Gasteiger charge is 2.37. The van der Waals surface area contributed by atoms with Gasteiger partial charge in [-0.05, 0) is 23.5 Å². The summed E-state index contributed by atoms with van der Waals surface area (Å²) in [4.78, 5) is 35.5. The molecule has 0 bridgehead atoms. The van der Waals surface area contributed by atoms with Crippen molar-refractivity contribution in [3.8, 4) is 0 Å². The normalized spacial score (nSPS) is 16.0. The van der Waals surface area contributed by atoms with Crippen molar-refractivity contribution in [2.45, 2.75) is 44.9 Å². The van der Waals surface area contributed by atoms with E-state index in [1.807, 2.05) is 50.2 Å². The molecular formula is C24H34N2O5P+. The summed E-state index contributed by atoms with van der Waals surface area (Å²) in [6, 6.07) is 17.3. The Morgan fingerprint density at radius 2 is 1.47 bits per heavy atom. The van der Waals surface area contributed by atoms with Crippen molar-refractivity contribution in [3.05, 3.63) is 71.8 Å².